The second-order valence-electron chi connectivity index (χ2n) is 4.43. The summed E-state index contributed by atoms with van der Waals surface area (Å²) in [4.78, 5) is 25.7. The summed E-state index contributed by atoms with van der Waals surface area (Å²) in [7, 11) is 1.32. The minimum absolute atomic E-state index is 0.323. The van der Waals surface area contributed by atoms with Crippen molar-refractivity contribution in [2.75, 3.05) is 7.11 Å². The van der Waals surface area contributed by atoms with E-state index in [-0.39, 0.29) is 0 Å². The Morgan fingerprint density at radius 2 is 2.12 bits per heavy atom. The number of carbonyl (C=O) groups is 2. The van der Waals surface area contributed by atoms with Crippen LogP contribution in [0.25, 0.3) is 0 Å². The first-order valence-corrected chi connectivity index (χ1v) is 5.82. The molecule has 1 heterocycles. The predicted octanol–water partition coefficient (Wildman–Crippen LogP) is 2.37. The fourth-order valence-corrected chi connectivity index (χ4v) is 2.01. The molecule has 0 unspecified atom stereocenters. The third-order valence-corrected chi connectivity index (χ3v) is 2.69. The maximum Gasteiger partial charge on any atom is 0.340 e. The zero-order chi connectivity index (χ0) is 13.0. The fourth-order valence-electron chi connectivity index (χ4n) is 2.01. The molecule has 0 spiro atoms. The molecule has 17 heavy (non-hydrogen) atoms. The van der Waals surface area contributed by atoms with Crippen LogP contribution in [-0.2, 0) is 17.6 Å². The van der Waals surface area contributed by atoms with Crippen LogP contribution in [-0.4, -0.2) is 24.3 Å². The summed E-state index contributed by atoms with van der Waals surface area (Å²) in [5.41, 5.74) is 2.57. The molecule has 0 atom stereocenters. The van der Waals surface area contributed by atoms with E-state index in [1.165, 1.54) is 7.11 Å². The number of aromatic nitrogens is 1. The fraction of sp³-hybridized carbons (Fsp3) is 0.538. The van der Waals surface area contributed by atoms with Crippen molar-refractivity contribution in [3.63, 3.8) is 0 Å². The van der Waals surface area contributed by atoms with Crippen LogP contribution >= 0.6 is 0 Å². The van der Waals surface area contributed by atoms with Crippen LogP contribution in [0.15, 0.2) is 0 Å². The lowest BCUT2D eigenvalue weighted by molar-refractivity contribution is 0.0597. The van der Waals surface area contributed by atoms with Gasteiger partial charge >= 0.3 is 5.97 Å². The van der Waals surface area contributed by atoms with E-state index in [4.69, 9.17) is 4.74 Å². The first kappa shape index (κ1) is 13.5. The van der Waals surface area contributed by atoms with Crippen molar-refractivity contribution in [1.29, 1.82) is 0 Å². The molecule has 0 aliphatic heterocycles. The van der Waals surface area contributed by atoms with Gasteiger partial charge in [0.25, 0.3) is 0 Å². The Bertz CT molecular complexity index is 419. The Morgan fingerprint density at radius 3 is 2.53 bits per heavy atom. The highest BCUT2D eigenvalue weighted by Gasteiger charge is 2.22. The van der Waals surface area contributed by atoms with Crippen LogP contribution < -0.4 is 0 Å². The van der Waals surface area contributed by atoms with Gasteiger partial charge in [-0.1, -0.05) is 20.8 Å². The molecule has 1 aromatic rings. The minimum atomic E-state index is -0.449. The minimum Gasteiger partial charge on any atom is -0.465 e. The van der Waals surface area contributed by atoms with Gasteiger partial charge in [-0.15, -0.1) is 0 Å². The molecule has 0 aliphatic carbocycles. The number of methoxy groups -OCH3 is 1. The van der Waals surface area contributed by atoms with E-state index in [0.717, 1.165) is 17.7 Å². The summed E-state index contributed by atoms with van der Waals surface area (Å²) in [5.74, 6) is 0.0131. The van der Waals surface area contributed by atoms with Gasteiger partial charge in [0, 0.05) is 5.69 Å². The summed E-state index contributed by atoms with van der Waals surface area (Å²) in [5, 5.41) is 0. The van der Waals surface area contributed by atoms with Crippen LogP contribution in [0.5, 0.6) is 0 Å². The van der Waals surface area contributed by atoms with Gasteiger partial charge in [0.1, 0.15) is 0 Å². The number of rotatable bonds is 5. The molecule has 1 aromatic heterocycles. The highest BCUT2D eigenvalue weighted by atomic mass is 16.5. The molecule has 0 saturated carbocycles. The SMILES string of the molecule is CCc1c(CC(C)C)[nH]c(C=O)c1C(=O)OC. The standard InChI is InChI=1S/C13H19NO3/c1-5-9-10(6-8(2)3)14-11(7-15)12(9)13(16)17-4/h7-8,14H,5-6H2,1-4H3. The van der Waals surface area contributed by atoms with Gasteiger partial charge in [-0.25, -0.2) is 4.79 Å². The largest absolute Gasteiger partial charge is 0.465 e. The third kappa shape index (κ3) is 2.75. The second-order valence-corrected chi connectivity index (χ2v) is 4.43. The Kier molecular flexibility index (Phi) is 4.49. The van der Waals surface area contributed by atoms with Crippen molar-refractivity contribution in [3.05, 3.63) is 22.5 Å². The summed E-state index contributed by atoms with van der Waals surface area (Å²) in [6, 6.07) is 0. The van der Waals surface area contributed by atoms with E-state index in [1.54, 1.807) is 0 Å². The van der Waals surface area contributed by atoms with Crippen molar-refractivity contribution in [3.8, 4) is 0 Å². The molecule has 1 N–H and O–H groups in total. The summed E-state index contributed by atoms with van der Waals surface area (Å²) < 4.78 is 4.72. The van der Waals surface area contributed by atoms with Crippen molar-refractivity contribution in [2.45, 2.75) is 33.6 Å². The summed E-state index contributed by atoms with van der Waals surface area (Å²) in [6.45, 7) is 6.16. The van der Waals surface area contributed by atoms with Crippen molar-refractivity contribution in [2.24, 2.45) is 5.92 Å². The quantitative estimate of drug-likeness (QED) is 0.631. The van der Waals surface area contributed by atoms with Gasteiger partial charge in [0.2, 0.25) is 0 Å². The Hall–Kier alpha value is -1.58. The topological polar surface area (TPSA) is 59.2 Å². The van der Waals surface area contributed by atoms with E-state index in [2.05, 4.69) is 18.8 Å². The number of carbonyl (C=O) groups excluding carboxylic acids is 2. The number of nitrogens with one attached hydrogen (secondary N) is 1. The monoisotopic (exact) mass is 237 g/mol. The lowest BCUT2D eigenvalue weighted by Gasteiger charge is -2.06. The first-order chi connectivity index (χ1) is 8.04. The van der Waals surface area contributed by atoms with Gasteiger partial charge < -0.3 is 9.72 Å². The molecule has 0 amide bonds. The number of esters is 1. The Balaban J connectivity index is 3.30. The van der Waals surface area contributed by atoms with Crippen molar-refractivity contribution < 1.29 is 14.3 Å². The maximum absolute atomic E-state index is 11.7. The second kappa shape index (κ2) is 5.66. The van der Waals surface area contributed by atoms with E-state index < -0.39 is 5.97 Å². The summed E-state index contributed by atoms with van der Waals surface area (Å²) >= 11 is 0. The van der Waals surface area contributed by atoms with E-state index in [9.17, 15) is 9.59 Å². The average Bonchev–Trinajstić information content (AvgIpc) is 2.64. The lowest BCUT2D eigenvalue weighted by atomic mass is 10.0. The van der Waals surface area contributed by atoms with Crippen LogP contribution in [0.4, 0.5) is 0 Å². The summed E-state index contributed by atoms with van der Waals surface area (Å²) in [6.07, 6.45) is 2.20. The highest BCUT2D eigenvalue weighted by molar-refractivity contribution is 5.99. The normalized spacial score (nSPS) is 10.6. The molecule has 94 valence electrons. The first-order valence-electron chi connectivity index (χ1n) is 5.82. The zero-order valence-electron chi connectivity index (χ0n) is 10.8. The average molecular weight is 237 g/mol. The third-order valence-electron chi connectivity index (χ3n) is 2.69. The number of hydrogen-bond donors (Lipinski definition) is 1. The molecule has 0 aliphatic rings. The molecule has 0 fully saturated rings. The molecular weight excluding hydrogens is 218 g/mol. The molecule has 0 aromatic carbocycles. The number of H-pyrrole nitrogens is 1. The van der Waals surface area contributed by atoms with Crippen LogP contribution in [0.3, 0.4) is 0 Å². The van der Waals surface area contributed by atoms with Gasteiger partial charge in [-0.2, -0.15) is 0 Å². The zero-order valence-corrected chi connectivity index (χ0v) is 10.8. The van der Waals surface area contributed by atoms with E-state index in [1.807, 2.05) is 6.92 Å². The van der Waals surface area contributed by atoms with Gasteiger partial charge in [0.05, 0.1) is 18.4 Å². The van der Waals surface area contributed by atoms with Crippen molar-refractivity contribution in [1.82, 2.24) is 4.98 Å². The van der Waals surface area contributed by atoms with Gasteiger partial charge in [0.15, 0.2) is 6.29 Å². The molecule has 0 bridgehead atoms. The molecule has 4 heteroatoms. The highest BCUT2D eigenvalue weighted by Crippen LogP contribution is 2.22. The number of aldehydes is 1. The van der Waals surface area contributed by atoms with Crippen LogP contribution in [0.1, 0.15) is 52.9 Å². The maximum atomic E-state index is 11.7. The molecule has 4 nitrogen and oxygen atoms in total. The van der Waals surface area contributed by atoms with Crippen LogP contribution in [0, 0.1) is 5.92 Å². The molecule has 1 rings (SSSR count). The van der Waals surface area contributed by atoms with E-state index >= 15 is 0 Å². The molecule has 0 saturated heterocycles. The number of hydrogen-bond acceptors (Lipinski definition) is 3. The number of ether oxygens (including phenoxy) is 1. The Morgan fingerprint density at radius 1 is 1.47 bits per heavy atom. The molecular formula is C13H19NO3. The molecule has 0 radical (unpaired) electrons. The van der Waals surface area contributed by atoms with Gasteiger partial charge in [-0.05, 0) is 24.3 Å². The number of aromatic amines is 1. The Labute approximate surface area is 101 Å². The van der Waals surface area contributed by atoms with Crippen molar-refractivity contribution >= 4 is 12.3 Å². The predicted molar refractivity (Wildman–Crippen MR) is 65.4 cm³/mol. The van der Waals surface area contributed by atoms with E-state index in [0.29, 0.717) is 29.9 Å². The van der Waals surface area contributed by atoms with Gasteiger partial charge in [-0.3, -0.25) is 4.79 Å². The smallest absolute Gasteiger partial charge is 0.340 e. The van der Waals surface area contributed by atoms with Crippen LogP contribution in [0.2, 0.25) is 0 Å². The lowest BCUT2D eigenvalue weighted by Crippen LogP contribution is -2.06.